The van der Waals surface area contributed by atoms with E-state index in [9.17, 15) is 10.1 Å². The molecule has 0 spiro atoms. The van der Waals surface area contributed by atoms with Crippen LogP contribution in [0.4, 0.5) is 0 Å². The fraction of sp³-hybridized carbons (Fsp3) is 0.304. The van der Waals surface area contributed by atoms with Gasteiger partial charge in [-0.3, -0.25) is 9.69 Å². The van der Waals surface area contributed by atoms with Crippen LogP contribution in [0.5, 0.6) is 11.5 Å². The molecule has 0 amide bonds. The fourth-order valence-electron chi connectivity index (χ4n) is 3.54. The first-order valence-electron chi connectivity index (χ1n) is 10.2. The van der Waals surface area contributed by atoms with Crippen molar-refractivity contribution in [1.29, 1.82) is 5.26 Å². The van der Waals surface area contributed by atoms with Gasteiger partial charge < -0.3 is 19.1 Å². The first-order chi connectivity index (χ1) is 15.4. The molecule has 0 saturated heterocycles. The first kappa shape index (κ1) is 21.3. The monoisotopic (exact) mass is 434 g/mol. The summed E-state index contributed by atoms with van der Waals surface area (Å²) >= 11 is 0. The van der Waals surface area contributed by atoms with Crippen LogP contribution in [-0.4, -0.2) is 51.9 Å². The van der Waals surface area contributed by atoms with Crippen LogP contribution in [0, 0.1) is 11.3 Å². The molecule has 9 nitrogen and oxygen atoms in total. The second-order valence-corrected chi connectivity index (χ2v) is 7.66. The molecule has 164 valence electrons. The average molecular weight is 434 g/mol. The molecule has 0 aliphatic carbocycles. The highest BCUT2D eigenvalue weighted by molar-refractivity contribution is 5.70. The molecule has 0 atom stereocenters. The zero-order chi connectivity index (χ0) is 22.7. The molecule has 9 heteroatoms. The molecule has 0 fully saturated rings. The fourth-order valence-corrected chi connectivity index (χ4v) is 3.54. The topological polar surface area (TPSA) is 122 Å². The van der Waals surface area contributed by atoms with Gasteiger partial charge in [0.1, 0.15) is 24.2 Å². The molecule has 0 bridgehead atoms. The van der Waals surface area contributed by atoms with Crippen molar-refractivity contribution in [2.45, 2.75) is 26.5 Å². The molecule has 1 N–H and O–H groups in total. The molecule has 1 aromatic heterocycles. The van der Waals surface area contributed by atoms with Gasteiger partial charge in [0.25, 0.3) is 5.89 Å². The van der Waals surface area contributed by atoms with Crippen molar-refractivity contribution >= 4 is 5.97 Å². The van der Waals surface area contributed by atoms with E-state index in [2.05, 4.69) is 16.2 Å². The van der Waals surface area contributed by atoms with Crippen LogP contribution in [0.15, 0.2) is 40.9 Å². The summed E-state index contributed by atoms with van der Waals surface area (Å²) in [6.45, 7) is 5.03. The largest absolute Gasteiger partial charge is 0.491 e. The number of ether oxygens (including phenoxy) is 2. The zero-order valence-corrected chi connectivity index (χ0v) is 17.7. The smallest absolute Gasteiger partial charge is 0.317 e. The van der Waals surface area contributed by atoms with Gasteiger partial charge in [0.05, 0.1) is 23.8 Å². The van der Waals surface area contributed by atoms with Crippen LogP contribution >= 0.6 is 0 Å². The number of carbonyl (C=O) groups is 1. The lowest BCUT2D eigenvalue weighted by Gasteiger charge is -2.16. The van der Waals surface area contributed by atoms with Gasteiger partial charge in [0, 0.05) is 24.2 Å². The van der Waals surface area contributed by atoms with Crippen molar-refractivity contribution in [3.05, 3.63) is 47.5 Å². The normalized spacial score (nSPS) is 13.7. The number of benzene rings is 2. The lowest BCUT2D eigenvalue weighted by Crippen LogP contribution is -2.31. The second-order valence-electron chi connectivity index (χ2n) is 7.66. The van der Waals surface area contributed by atoms with E-state index in [4.69, 9.17) is 19.1 Å². The summed E-state index contributed by atoms with van der Waals surface area (Å²) in [4.78, 5) is 17.4. The SMILES string of the molecule is CC(C)Oc1ccc(-c2nc(-c3cccc4c3OCCN(CC(=O)O)C4)no2)cc1C#N. The number of carboxylic acids is 1. The number of fused-ring (bicyclic) bond motifs is 1. The summed E-state index contributed by atoms with van der Waals surface area (Å²) in [5.41, 5.74) is 2.50. The molecular formula is C23H22N4O5. The maximum absolute atomic E-state index is 11.1. The lowest BCUT2D eigenvalue weighted by atomic mass is 10.1. The molecule has 1 aliphatic rings. The van der Waals surface area contributed by atoms with Crippen molar-refractivity contribution in [3.8, 4) is 40.4 Å². The van der Waals surface area contributed by atoms with E-state index in [-0.39, 0.29) is 18.5 Å². The summed E-state index contributed by atoms with van der Waals surface area (Å²) in [5.74, 6) is 0.856. The number of nitrogens with zero attached hydrogens (tertiary/aromatic N) is 4. The number of aromatic nitrogens is 2. The van der Waals surface area contributed by atoms with Crippen LogP contribution in [0.3, 0.4) is 0 Å². The molecule has 3 aromatic rings. The minimum absolute atomic E-state index is 0.0530. The van der Waals surface area contributed by atoms with Crippen molar-refractivity contribution in [1.82, 2.24) is 15.0 Å². The van der Waals surface area contributed by atoms with Gasteiger partial charge >= 0.3 is 5.97 Å². The van der Waals surface area contributed by atoms with Crippen molar-refractivity contribution < 1.29 is 23.9 Å². The van der Waals surface area contributed by atoms with E-state index in [1.165, 1.54) is 0 Å². The Morgan fingerprint density at radius 1 is 1.34 bits per heavy atom. The highest BCUT2D eigenvalue weighted by atomic mass is 16.5. The van der Waals surface area contributed by atoms with Crippen LogP contribution in [0.1, 0.15) is 25.0 Å². The minimum atomic E-state index is -0.881. The van der Waals surface area contributed by atoms with E-state index in [0.717, 1.165) is 5.56 Å². The van der Waals surface area contributed by atoms with Gasteiger partial charge in [0.2, 0.25) is 5.82 Å². The number of hydrogen-bond acceptors (Lipinski definition) is 8. The molecule has 0 saturated carbocycles. The highest BCUT2D eigenvalue weighted by Crippen LogP contribution is 2.35. The minimum Gasteiger partial charge on any atom is -0.491 e. The van der Waals surface area contributed by atoms with Crippen molar-refractivity contribution in [3.63, 3.8) is 0 Å². The third-order valence-electron chi connectivity index (χ3n) is 4.88. The maximum Gasteiger partial charge on any atom is 0.317 e. The Bertz CT molecular complexity index is 1180. The quantitative estimate of drug-likeness (QED) is 0.622. The molecule has 0 unspecified atom stereocenters. The lowest BCUT2D eigenvalue weighted by molar-refractivity contribution is -0.138. The van der Waals surface area contributed by atoms with Gasteiger partial charge in [-0.25, -0.2) is 0 Å². The number of nitriles is 1. The number of hydrogen-bond donors (Lipinski definition) is 1. The van der Waals surface area contributed by atoms with Gasteiger partial charge in [0.15, 0.2) is 0 Å². The van der Waals surface area contributed by atoms with Gasteiger partial charge in [-0.05, 0) is 38.1 Å². The summed E-state index contributed by atoms with van der Waals surface area (Å²) in [6, 6.07) is 12.8. The number of aliphatic carboxylic acids is 1. The van der Waals surface area contributed by atoms with Crippen LogP contribution < -0.4 is 9.47 Å². The summed E-state index contributed by atoms with van der Waals surface area (Å²) < 4.78 is 17.1. The Morgan fingerprint density at radius 3 is 2.94 bits per heavy atom. The number of carboxylic acid groups (broad SMARTS) is 1. The standard InChI is InChI=1S/C23H22N4O5/c1-14(2)31-19-7-6-15(10-17(19)11-24)23-25-22(26-32-23)18-5-3-4-16-12-27(13-20(28)29)8-9-30-21(16)18/h3-7,10,14H,8-9,12-13H2,1-2H3,(H,28,29). The van der Waals surface area contributed by atoms with E-state index in [1.807, 2.05) is 36.9 Å². The molecule has 1 aliphatic heterocycles. The molecule has 2 aromatic carbocycles. The Balaban J connectivity index is 1.64. The van der Waals surface area contributed by atoms with Crippen molar-refractivity contribution in [2.75, 3.05) is 19.7 Å². The Labute approximate surface area is 184 Å². The first-order valence-corrected chi connectivity index (χ1v) is 10.2. The zero-order valence-electron chi connectivity index (χ0n) is 17.7. The van der Waals surface area contributed by atoms with Crippen LogP contribution in [0.25, 0.3) is 22.8 Å². The van der Waals surface area contributed by atoms with Crippen molar-refractivity contribution in [2.24, 2.45) is 0 Å². The summed E-state index contributed by atoms with van der Waals surface area (Å²) in [6.07, 6.45) is -0.0530. The second kappa shape index (κ2) is 9.08. The van der Waals surface area contributed by atoms with Gasteiger partial charge in [-0.1, -0.05) is 17.3 Å². The predicted octanol–water partition coefficient (Wildman–Crippen LogP) is 3.34. The van der Waals surface area contributed by atoms with Gasteiger partial charge in [-0.2, -0.15) is 10.2 Å². The van der Waals surface area contributed by atoms with E-state index < -0.39 is 5.97 Å². The Hall–Kier alpha value is -3.90. The van der Waals surface area contributed by atoms with Crippen LogP contribution in [-0.2, 0) is 11.3 Å². The summed E-state index contributed by atoms with van der Waals surface area (Å²) in [5, 5.41) is 22.7. The molecular weight excluding hydrogens is 412 g/mol. The Kier molecular flexibility index (Phi) is 6.05. The number of rotatable bonds is 6. The Morgan fingerprint density at radius 2 is 2.19 bits per heavy atom. The predicted molar refractivity (Wildman–Crippen MR) is 114 cm³/mol. The number of para-hydroxylation sites is 1. The molecule has 0 radical (unpaired) electrons. The third-order valence-corrected chi connectivity index (χ3v) is 4.88. The third kappa shape index (κ3) is 4.55. The average Bonchev–Trinajstić information content (AvgIpc) is 3.15. The van der Waals surface area contributed by atoms with Crippen LogP contribution in [0.2, 0.25) is 0 Å². The summed E-state index contributed by atoms with van der Waals surface area (Å²) in [7, 11) is 0. The van der Waals surface area contributed by atoms with E-state index >= 15 is 0 Å². The van der Waals surface area contributed by atoms with E-state index in [0.29, 0.717) is 53.7 Å². The maximum atomic E-state index is 11.1. The molecule has 4 rings (SSSR count). The van der Waals surface area contributed by atoms with E-state index in [1.54, 1.807) is 18.2 Å². The van der Waals surface area contributed by atoms with Gasteiger partial charge in [-0.15, -0.1) is 0 Å². The molecule has 32 heavy (non-hydrogen) atoms. The highest BCUT2D eigenvalue weighted by Gasteiger charge is 2.23. The molecule has 2 heterocycles.